The number of rotatable bonds is 1. The van der Waals surface area contributed by atoms with Gasteiger partial charge in [0.15, 0.2) is 0 Å². The highest BCUT2D eigenvalue weighted by Gasteiger charge is 1.82. The van der Waals surface area contributed by atoms with Crippen molar-refractivity contribution in [2.45, 2.75) is 13.8 Å². The summed E-state index contributed by atoms with van der Waals surface area (Å²) in [4.78, 5) is 9.12. The summed E-state index contributed by atoms with van der Waals surface area (Å²) in [6.45, 7) is 3.42. The fourth-order valence-electron chi connectivity index (χ4n) is 0.637. The first-order valence-electron chi connectivity index (χ1n) is 3.92. The van der Waals surface area contributed by atoms with Crippen LogP contribution < -0.4 is 0 Å². The zero-order valence-electron chi connectivity index (χ0n) is 7.82. The lowest BCUT2D eigenvalue weighted by Crippen LogP contribution is -1.98. The first kappa shape index (κ1) is 11.6. The molecule has 0 saturated carbocycles. The van der Waals surface area contributed by atoms with E-state index in [2.05, 4.69) is 38.1 Å². The van der Waals surface area contributed by atoms with E-state index in [1.54, 1.807) is 0 Å². The molecule has 1 rings (SSSR count). The van der Waals surface area contributed by atoms with Gasteiger partial charge in [-0.25, -0.2) is 4.79 Å². The lowest BCUT2D eigenvalue weighted by molar-refractivity contribution is -0.140. The number of carbonyl (C=O) groups is 1. The molecule has 0 atom stereocenters. The van der Waals surface area contributed by atoms with Crippen molar-refractivity contribution in [2.24, 2.45) is 0 Å². The molecule has 0 radical (unpaired) electrons. The highest BCUT2D eigenvalue weighted by Crippen LogP contribution is 1.99. The molecule has 0 unspecified atom stereocenters. The van der Waals surface area contributed by atoms with Gasteiger partial charge in [0.1, 0.15) is 6.61 Å². The fourth-order valence-corrected chi connectivity index (χ4v) is 0.637. The lowest BCUT2D eigenvalue weighted by Gasteiger charge is -1.90. The topological polar surface area (TPSA) is 57.5 Å². The predicted molar refractivity (Wildman–Crippen MR) is 50.6 cm³/mol. The molecule has 2 N–H and O–H groups in total. The van der Waals surface area contributed by atoms with Gasteiger partial charge in [-0.05, 0) is 13.8 Å². The first-order chi connectivity index (χ1) is 6.06. The van der Waals surface area contributed by atoms with Crippen molar-refractivity contribution in [1.82, 2.24) is 0 Å². The SMILES string of the molecule is Cc1ccc(C)cc1.O=C(O)CO. The molecule has 0 heterocycles. The Morgan fingerprint density at radius 3 is 1.54 bits per heavy atom. The summed E-state index contributed by atoms with van der Waals surface area (Å²) in [5.74, 6) is -1.19. The molecular formula is C10H14O3. The Morgan fingerprint density at radius 2 is 1.38 bits per heavy atom. The minimum Gasteiger partial charge on any atom is -0.480 e. The Bertz CT molecular complexity index is 230. The van der Waals surface area contributed by atoms with Gasteiger partial charge in [0.2, 0.25) is 0 Å². The second-order valence-corrected chi connectivity index (χ2v) is 2.71. The Balaban J connectivity index is 0.000000252. The summed E-state index contributed by atoms with van der Waals surface area (Å²) in [5, 5.41) is 15.0. The van der Waals surface area contributed by atoms with Crippen LogP contribution in [0.4, 0.5) is 0 Å². The van der Waals surface area contributed by atoms with Crippen LogP contribution in [0.25, 0.3) is 0 Å². The Morgan fingerprint density at radius 1 is 1.15 bits per heavy atom. The largest absolute Gasteiger partial charge is 0.480 e. The van der Waals surface area contributed by atoms with Crippen LogP contribution in [0.15, 0.2) is 24.3 Å². The number of hydrogen-bond donors (Lipinski definition) is 2. The van der Waals surface area contributed by atoms with Crippen LogP contribution in [0.2, 0.25) is 0 Å². The number of carboxylic acid groups (broad SMARTS) is 1. The number of aryl methyl sites for hydroxylation is 2. The maximum atomic E-state index is 9.12. The molecule has 0 aliphatic heterocycles. The summed E-state index contributed by atoms with van der Waals surface area (Å²) in [5.41, 5.74) is 2.66. The van der Waals surface area contributed by atoms with E-state index < -0.39 is 12.6 Å². The number of carboxylic acids is 1. The van der Waals surface area contributed by atoms with Crippen molar-refractivity contribution < 1.29 is 15.0 Å². The Hall–Kier alpha value is -1.35. The average molecular weight is 182 g/mol. The third-order valence-corrected chi connectivity index (χ3v) is 1.35. The van der Waals surface area contributed by atoms with E-state index in [1.165, 1.54) is 11.1 Å². The van der Waals surface area contributed by atoms with Crippen molar-refractivity contribution in [1.29, 1.82) is 0 Å². The molecule has 1 aromatic carbocycles. The van der Waals surface area contributed by atoms with E-state index in [1.807, 2.05) is 0 Å². The van der Waals surface area contributed by atoms with E-state index in [-0.39, 0.29) is 0 Å². The molecule has 0 saturated heterocycles. The molecule has 0 spiro atoms. The molecule has 0 aromatic heterocycles. The summed E-state index contributed by atoms with van der Waals surface area (Å²) in [7, 11) is 0. The quantitative estimate of drug-likeness (QED) is 0.689. The van der Waals surface area contributed by atoms with E-state index in [9.17, 15) is 0 Å². The van der Waals surface area contributed by atoms with Crippen LogP contribution in [0.3, 0.4) is 0 Å². The van der Waals surface area contributed by atoms with Crippen molar-refractivity contribution in [2.75, 3.05) is 6.61 Å². The molecule has 0 bridgehead atoms. The van der Waals surface area contributed by atoms with Crippen LogP contribution in [-0.4, -0.2) is 22.8 Å². The zero-order chi connectivity index (χ0) is 10.3. The predicted octanol–water partition coefficient (Wildman–Crippen LogP) is 1.37. The molecule has 1 aromatic rings. The fraction of sp³-hybridized carbons (Fsp3) is 0.300. The van der Waals surface area contributed by atoms with Crippen LogP contribution in [0.5, 0.6) is 0 Å². The van der Waals surface area contributed by atoms with Gasteiger partial charge in [-0.3, -0.25) is 0 Å². The monoisotopic (exact) mass is 182 g/mol. The summed E-state index contributed by atoms with van der Waals surface area (Å²) < 4.78 is 0. The molecule has 3 nitrogen and oxygen atoms in total. The molecule has 13 heavy (non-hydrogen) atoms. The molecule has 3 heteroatoms. The minimum absolute atomic E-state index is 0.778. The summed E-state index contributed by atoms with van der Waals surface area (Å²) in [6, 6.07) is 8.48. The average Bonchev–Trinajstić information content (AvgIpc) is 2.11. The number of aliphatic hydroxyl groups excluding tert-OH is 1. The van der Waals surface area contributed by atoms with E-state index in [4.69, 9.17) is 15.0 Å². The number of aliphatic carboxylic acids is 1. The molecule has 0 aliphatic rings. The van der Waals surface area contributed by atoms with E-state index >= 15 is 0 Å². The van der Waals surface area contributed by atoms with Gasteiger partial charge >= 0.3 is 5.97 Å². The van der Waals surface area contributed by atoms with Gasteiger partial charge in [-0.15, -0.1) is 0 Å². The standard InChI is InChI=1S/C8H10.C2H4O3/c1-7-3-5-8(2)6-4-7;3-1-2(4)5/h3-6H,1-2H3;3H,1H2,(H,4,5). The number of benzene rings is 1. The Labute approximate surface area is 77.6 Å². The van der Waals surface area contributed by atoms with Gasteiger partial charge in [-0.1, -0.05) is 35.4 Å². The summed E-state index contributed by atoms with van der Waals surface area (Å²) >= 11 is 0. The lowest BCUT2D eigenvalue weighted by atomic mass is 10.2. The van der Waals surface area contributed by atoms with Gasteiger partial charge in [0, 0.05) is 0 Å². The van der Waals surface area contributed by atoms with Gasteiger partial charge < -0.3 is 10.2 Å². The molecule has 0 aliphatic carbocycles. The molecular weight excluding hydrogens is 168 g/mol. The van der Waals surface area contributed by atoms with Crippen molar-refractivity contribution in [3.63, 3.8) is 0 Å². The van der Waals surface area contributed by atoms with Gasteiger partial charge in [0.25, 0.3) is 0 Å². The van der Waals surface area contributed by atoms with Crippen LogP contribution in [0, 0.1) is 13.8 Å². The highest BCUT2D eigenvalue weighted by molar-refractivity contribution is 5.67. The van der Waals surface area contributed by atoms with E-state index in [0.29, 0.717) is 0 Å². The van der Waals surface area contributed by atoms with E-state index in [0.717, 1.165) is 0 Å². The molecule has 72 valence electrons. The second kappa shape index (κ2) is 6.20. The van der Waals surface area contributed by atoms with Crippen LogP contribution >= 0.6 is 0 Å². The van der Waals surface area contributed by atoms with Crippen molar-refractivity contribution in [3.8, 4) is 0 Å². The molecule has 0 fully saturated rings. The second-order valence-electron chi connectivity index (χ2n) is 2.71. The third-order valence-electron chi connectivity index (χ3n) is 1.35. The molecule has 0 amide bonds. The normalized spacial score (nSPS) is 8.54. The maximum absolute atomic E-state index is 9.12. The number of aliphatic hydroxyl groups is 1. The Kier molecular flexibility index (Phi) is 5.55. The first-order valence-corrected chi connectivity index (χ1v) is 3.92. The zero-order valence-corrected chi connectivity index (χ0v) is 7.82. The van der Waals surface area contributed by atoms with Crippen molar-refractivity contribution >= 4 is 5.97 Å². The highest BCUT2D eigenvalue weighted by atomic mass is 16.4. The minimum atomic E-state index is -1.19. The van der Waals surface area contributed by atoms with Crippen LogP contribution in [0.1, 0.15) is 11.1 Å². The van der Waals surface area contributed by atoms with Gasteiger partial charge in [0.05, 0.1) is 0 Å². The maximum Gasteiger partial charge on any atom is 0.329 e. The third kappa shape index (κ3) is 7.03. The number of hydrogen-bond acceptors (Lipinski definition) is 2. The van der Waals surface area contributed by atoms with Gasteiger partial charge in [-0.2, -0.15) is 0 Å². The van der Waals surface area contributed by atoms with Crippen molar-refractivity contribution in [3.05, 3.63) is 35.4 Å². The summed E-state index contributed by atoms with van der Waals surface area (Å²) in [6.07, 6.45) is 0. The smallest absolute Gasteiger partial charge is 0.329 e. The van der Waals surface area contributed by atoms with Crippen LogP contribution in [-0.2, 0) is 4.79 Å².